The number of nitrogens with one attached hydrogen (secondary N) is 1. The fraction of sp³-hybridized carbons (Fsp3) is 0.765. The van der Waals surface area contributed by atoms with Crippen LogP contribution in [0.2, 0.25) is 0 Å². The molecule has 1 aromatic rings. The maximum absolute atomic E-state index is 11.4. The number of rotatable bonds is 6. The quantitative estimate of drug-likeness (QED) is 0.848. The summed E-state index contributed by atoms with van der Waals surface area (Å²) < 4.78 is 1.87. The van der Waals surface area contributed by atoms with Crippen molar-refractivity contribution in [3.8, 4) is 0 Å². The van der Waals surface area contributed by atoms with Gasteiger partial charge in [-0.2, -0.15) is 5.10 Å². The summed E-state index contributed by atoms with van der Waals surface area (Å²) in [5, 5.41) is 17.4. The van der Waals surface area contributed by atoms with E-state index in [4.69, 9.17) is 0 Å². The Morgan fingerprint density at radius 3 is 2.77 bits per heavy atom. The molecule has 1 aromatic heterocycles. The van der Waals surface area contributed by atoms with Crippen molar-refractivity contribution in [2.75, 3.05) is 6.54 Å². The molecule has 0 amide bonds. The summed E-state index contributed by atoms with van der Waals surface area (Å²) in [7, 11) is 0. The molecular formula is C17H27N3O2. The number of carbonyl (C=O) groups is 1. The maximum atomic E-state index is 11.4. The molecule has 0 bridgehead atoms. The van der Waals surface area contributed by atoms with Crippen LogP contribution in [-0.2, 0) is 19.4 Å². The Hall–Kier alpha value is -1.36. The van der Waals surface area contributed by atoms with Gasteiger partial charge in [0.2, 0.25) is 0 Å². The average Bonchev–Trinajstić information content (AvgIpc) is 2.85. The molecule has 2 aliphatic rings. The van der Waals surface area contributed by atoms with Crippen molar-refractivity contribution in [1.29, 1.82) is 0 Å². The van der Waals surface area contributed by atoms with Crippen molar-refractivity contribution in [2.45, 2.75) is 71.4 Å². The molecular weight excluding hydrogens is 278 g/mol. The SMILES string of the molecule is CCn1nc(C(=O)O)c2c1CC[C@@H](NCC1(CC)CCC1)C2. The minimum atomic E-state index is -0.895. The molecule has 5 heteroatoms. The second kappa shape index (κ2) is 6.03. The highest BCUT2D eigenvalue weighted by Gasteiger charge is 2.36. The topological polar surface area (TPSA) is 67.2 Å². The van der Waals surface area contributed by atoms with Crippen molar-refractivity contribution in [3.63, 3.8) is 0 Å². The van der Waals surface area contributed by atoms with Gasteiger partial charge in [-0.15, -0.1) is 0 Å². The number of aryl methyl sites for hydroxylation is 1. The molecule has 0 aromatic carbocycles. The fourth-order valence-electron chi connectivity index (χ4n) is 3.99. The van der Waals surface area contributed by atoms with Crippen LogP contribution in [0.4, 0.5) is 0 Å². The Labute approximate surface area is 132 Å². The van der Waals surface area contributed by atoms with Gasteiger partial charge >= 0.3 is 5.97 Å². The Kier molecular flexibility index (Phi) is 4.26. The van der Waals surface area contributed by atoms with E-state index in [0.29, 0.717) is 11.5 Å². The average molecular weight is 305 g/mol. The van der Waals surface area contributed by atoms with Gasteiger partial charge in [0.15, 0.2) is 5.69 Å². The third-order valence-electron chi connectivity index (χ3n) is 5.78. The van der Waals surface area contributed by atoms with Crippen LogP contribution in [0.5, 0.6) is 0 Å². The standard InChI is InChI=1S/C17H27N3O2/c1-3-17(8-5-9-17)11-18-12-6-7-14-13(10-12)15(16(21)22)19-20(14)4-2/h12,18H,3-11H2,1-2H3,(H,21,22)/t12-/m1/s1. The minimum absolute atomic E-state index is 0.261. The number of carboxylic acids is 1. The van der Waals surface area contributed by atoms with Crippen molar-refractivity contribution in [1.82, 2.24) is 15.1 Å². The van der Waals surface area contributed by atoms with E-state index in [1.807, 2.05) is 11.6 Å². The van der Waals surface area contributed by atoms with Crippen molar-refractivity contribution in [3.05, 3.63) is 17.0 Å². The predicted octanol–water partition coefficient (Wildman–Crippen LogP) is 2.63. The molecule has 2 N–H and O–H groups in total. The van der Waals surface area contributed by atoms with Crippen LogP contribution in [0.15, 0.2) is 0 Å². The fourth-order valence-corrected chi connectivity index (χ4v) is 3.99. The Morgan fingerprint density at radius 1 is 1.45 bits per heavy atom. The van der Waals surface area contributed by atoms with E-state index in [1.165, 1.54) is 25.7 Å². The normalized spacial score (nSPS) is 22.9. The molecule has 5 nitrogen and oxygen atoms in total. The molecule has 0 radical (unpaired) electrons. The number of nitrogens with zero attached hydrogens (tertiary/aromatic N) is 2. The van der Waals surface area contributed by atoms with Crippen LogP contribution in [0.25, 0.3) is 0 Å². The van der Waals surface area contributed by atoms with E-state index in [2.05, 4.69) is 17.3 Å². The highest BCUT2D eigenvalue weighted by molar-refractivity contribution is 5.87. The molecule has 1 heterocycles. The third-order valence-corrected chi connectivity index (χ3v) is 5.78. The Balaban J connectivity index is 1.70. The lowest BCUT2D eigenvalue weighted by Gasteiger charge is -2.43. The van der Waals surface area contributed by atoms with E-state index in [0.717, 1.165) is 43.6 Å². The number of carboxylic acid groups (broad SMARTS) is 1. The monoisotopic (exact) mass is 305 g/mol. The number of aromatic nitrogens is 2. The van der Waals surface area contributed by atoms with Gasteiger partial charge in [-0.25, -0.2) is 4.79 Å². The van der Waals surface area contributed by atoms with Gasteiger partial charge in [0.05, 0.1) is 0 Å². The van der Waals surface area contributed by atoms with Crippen LogP contribution >= 0.6 is 0 Å². The third kappa shape index (κ3) is 2.67. The largest absolute Gasteiger partial charge is 0.476 e. The van der Waals surface area contributed by atoms with Gasteiger partial charge in [0.25, 0.3) is 0 Å². The number of fused-ring (bicyclic) bond motifs is 1. The lowest BCUT2D eigenvalue weighted by atomic mass is 9.67. The molecule has 3 rings (SSSR count). The van der Waals surface area contributed by atoms with Crippen molar-refractivity contribution in [2.24, 2.45) is 5.41 Å². The van der Waals surface area contributed by atoms with Crippen LogP contribution < -0.4 is 5.32 Å². The summed E-state index contributed by atoms with van der Waals surface area (Å²) in [6.07, 6.45) is 8.09. The molecule has 122 valence electrons. The molecule has 1 atom stereocenters. The first kappa shape index (κ1) is 15.5. The summed E-state index contributed by atoms with van der Waals surface area (Å²) in [6, 6.07) is 0.393. The van der Waals surface area contributed by atoms with E-state index in [9.17, 15) is 9.90 Å². The van der Waals surface area contributed by atoms with Gasteiger partial charge in [0, 0.05) is 30.4 Å². The molecule has 0 saturated heterocycles. The van der Waals surface area contributed by atoms with E-state index in [-0.39, 0.29) is 5.69 Å². The number of aromatic carboxylic acids is 1. The molecule has 2 aliphatic carbocycles. The van der Waals surface area contributed by atoms with E-state index in [1.54, 1.807) is 0 Å². The van der Waals surface area contributed by atoms with Crippen molar-refractivity contribution >= 4 is 5.97 Å². The van der Waals surface area contributed by atoms with Crippen LogP contribution in [-0.4, -0.2) is 33.4 Å². The lowest BCUT2D eigenvalue weighted by Crippen LogP contribution is -2.45. The second-order valence-corrected chi connectivity index (χ2v) is 6.92. The number of hydrogen-bond donors (Lipinski definition) is 2. The molecule has 22 heavy (non-hydrogen) atoms. The molecule has 1 saturated carbocycles. The molecule has 1 fully saturated rings. The lowest BCUT2D eigenvalue weighted by molar-refractivity contribution is 0.0688. The summed E-state index contributed by atoms with van der Waals surface area (Å²) in [5.41, 5.74) is 2.85. The van der Waals surface area contributed by atoms with Gasteiger partial charge in [-0.3, -0.25) is 4.68 Å². The smallest absolute Gasteiger partial charge is 0.356 e. The zero-order valence-corrected chi connectivity index (χ0v) is 13.7. The van der Waals surface area contributed by atoms with Crippen LogP contribution in [0.3, 0.4) is 0 Å². The summed E-state index contributed by atoms with van der Waals surface area (Å²) >= 11 is 0. The summed E-state index contributed by atoms with van der Waals surface area (Å²) in [5.74, 6) is -0.895. The minimum Gasteiger partial charge on any atom is -0.476 e. The first-order valence-electron chi connectivity index (χ1n) is 8.64. The Bertz CT molecular complexity index is 555. The molecule has 0 unspecified atom stereocenters. The molecule has 0 spiro atoms. The first-order valence-corrected chi connectivity index (χ1v) is 8.64. The van der Waals surface area contributed by atoms with Crippen LogP contribution in [0.1, 0.15) is 67.7 Å². The van der Waals surface area contributed by atoms with Crippen LogP contribution in [0, 0.1) is 5.41 Å². The maximum Gasteiger partial charge on any atom is 0.356 e. The van der Waals surface area contributed by atoms with E-state index >= 15 is 0 Å². The number of hydrogen-bond acceptors (Lipinski definition) is 3. The highest BCUT2D eigenvalue weighted by Crippen LogP contribution is 2.43. The van der Waals surface area contributed by atoms with Gasteiger partial charge in [-0.1, -0.05) is 13.3 Å². The van der Waals surface area contributed by atoms with Crippen molar-refractivity contribution < 1.29 is 9.90 Å². The van der Waals surface area contributed by atoms with E-state index < -0.39 is 5.97 Å². The van der Waals surface area contributed by atoms with Gasteiger partial charge < -0.3 is 10.4 Å². The summed E-state index contributed by atoms with van der Waals surface area (Å²) in [4.78, 5) is 11.4. The zero-order valence-electron chi connectivity index (χ0n) is 13.7. The molecule has 0 aliphatic heterocycles. The zero-order chi connectivity index (χ0) is 15.7. The van der Waals surface area contributed by atoms with Gasteiger partial charge in [-0.05, 0) is 50.9 Å². The summed E-state index contributed by atoms with van der Waals surface area (Å²) in [6.45, 7) is 6.12. The second-order valence-electron chi connectivity index (χ2n) is 6.92. The predicted molar refractivity (Wildman–Crippen MR) is 85.3 cm³/mol. The first-order chi connectivity index (χ1) is 10.6. The van der Waals surface area contributed by atoms with Gasteiger partial charge in [0.1, 0.15) is 0 Å². The Morgan fingerprint density at radius 2 is 2.23 bits per heavy atom. The highest BCUT2D eigenvalue weighted by atomic mass is 16.4.